The van der Waals surface area contributed by atoms with E-state index in [-0.39, 0.29) is 11.6 Å². The molecule has 0 aromatic heterocycles. The summed E-state index contributed by atoms with van der Waals surface area (Å²) in [7, 11) is -2.06. The predicted octanol–water partition coefficient (Wildman–Crippen LogP) is 5.42. The number of rotatable bonds is 7. The molecule has 4 nitrogen and oxygen atoms in total. The van der Waals surface area contributed by atoms with Crippen LogP contribution in [0.1, 0.15) is 28.0 Å². The zero-order valence-corrected chi connectivity index (χ0v) is 20.9. The molecule has 1 saturated heterocycles. The first-order valence-electron chi connectivity index (χ1n) is 10.6. The Balaban J connectivity index is 1.73. The number of likely N-dealkylation sites (tertiary alicyclic amines) is 1. The summed E-state index contributed by atoms with van der Waals surface area (Å²) >= 11 is 12.2. The minimum atomic E-state index is -3.73. The number of likely N-dealkylation sites (N-methyl/N-ethyl adjacent to an activating group) is 1. The number of nitrogens with one attached hydrogen (secondary N) is 1. The van der Waals surface area contributed by atoms with Gasteiger partial charge in [0.1, 0.15) is 16.9 Å². The Morgan fingerprint density at radius 1 is 0.853 bits per heavy atom. The maximum atomic E-state index is 14.0. The highest BCUT2D eigenvalue weighted by Crippen LogP contribution is 2.45. The van der Waals surface area contributed by atoms with E-state index in [0.717, 1.165) is 35.6 Å². The second-order valence-electron chi connectivity index (χ2n) is 8.73. The number of hydrogen-bond donors (Lipinski definition) is 1. The van der Waals surface area contributed by atoms with E-state index in [1.165, 1.54) is 0 Å². The molecule has 3 aromatic carbocycles. The third-order valence-corrected chi connectivity index (χ3v) is 8.41. The molecule has 0 amide bonds. The summed E-state index contributed by atoms with van der Waals surface area (Å²) in [6.07, 6.45) is 1.10. The molecule has 1 atom stereocenters. The van der Waals surface area contributed by atoms with Crippen LogP contribution >= 0.6 is 23.2 Å². The van der Waals surface area contributed by atoms with Crippen LogP contribution < -0.4 is 5.32 Å². The molecule has 34 heavy (non-hydrogen) atoms. The molecule has 1 unspecified atom stereocenters. The second kappa shape index (κ2) is 9.55. The lowest BCUT2D eigenvalue weighted by Crippen LogP contribution is -2.72. The Hall–Kier alpha value is -2.03. The summed E-state index contributed by atoms with van der Waals surface area (Å²) in [5.74, 6) is -1.63. The zero-order chi connectivity index (χ0) is 24.7. The van der Waals surface area contributed by atoms with E-state index in [2.05, 4.69) is 10.2 Å². The lowest BCUT2D eigenvalue weighted by molar-refractivity contribution is 0.0182. The van der Waals surface area contributed by atoms with Gasteiger partial charge in [-0.3, -0.25) is 4.90 Å². The van der Waals surface area contributed by atoms with Gasteiger partial charge in [-0.05, 0) is 60.1 Å². The molecule has 0 spiro atoms. The van der Waals surface area contributed by atoms with Gasteiger partial charge < -0.3 is 5.32 Å². The van der Waals surface area contributed by atoms with Gasteiger partial charge in [0.25, 0.3) is 0 Å². The largest absolute Gasteiger partial charge is 0.311 e. The highest BCUT2D eigenvalue weighted by Gasteiger charge is 2.54. The number of benzene rings is 3. The Bertz CT molecular complexity index is 1210. The van der Waals surface area contributed by atoms with Crippen LogP contribution in [0.3, 0.4) is 0 Å². The fourth-order valence-corrected chi connectivity index (χ4v) is 6.89. The second-order valence-corrected chi connectivity index (χ2v) is 11.7. The molecule has 1 N–H and O–H groups in total. The van der Waals surface area contributed by atoms with E-state index in [0.29, 0.717) is 23.1 Å². The van der Waals surface area contributed by atoms with Gasteiger partial charge in [-0.15, -0.1) is 0 Å². The van der Waals surface area contributed by atoms with E-state index < -0.39 is 32.3 Å². The van der Waals surface area contributed by atoms with Crippen molar-refractivity contribution >= 4 is 33.0 Å². The summed E-state index contributed by atoms with van der Waals surface area (Å²) in [5, 5.41) is 3.24. The SMILES string of the molecule is CNC1(C(c2cc(F)cc(F)c2)S(C)(=O)=O)CN(C(c2ccc(Cl)cc2)c2ccc(Cl)cc2)C1. The lowest BCUT2D eigenvalue weighted by atomic mass is 9.80. The maximum Gasteiger partial charge on any atom is 0.156 e. The van der Waals surface area contributed by atoms with Gasteiger partial charge in [0.15, 0.2) is 9.84 Å². The minimum Gasteiger partial charge on any atom is -0.311 e. The zero-order valence-electron chi connectivity index (χ0n) is 18.6. The van der Waals surface area contributed by atoms with Crippen molar-refractivity contribution in [2.45, 2.75) is 16.8 Å². The summed E-state index contributed by atoms with van der Waals surface area (Å²) < 4.78 is 53.9. The molecule has 1 fully saturated rings. The maximum absolute atomic E-state index is 14.0. The van der Waals surface area contributed by atoms with Crippen molar-refractivity contribution in [2.75, 3.05) is 26.4 Å². The standard InChI is InChI=1S/C25H24Cl2F2N2O2S/c1-30-25(24(34(2,32)33)18-11-21(28)13-22(29)12-18)14-31(15-25)23(16-3-7-19(26)8-4-16)17-5-9-20(27)10-6-17/h3-13,23-24,30H,14-15H2,1-2H3. The molecule has 1 heterocycles. The number of nitrogens with zero attached hydrogens (tertiary/aromatic N) is 1. The van der Waals surface area contributed by atoms with E-state index in [1.807, 2.05) is 24.3 Å². The summed E-state index contributed by atoms with van der Waals surface area (Å²) in [6.45, 7) is 0.657. The van der Waals surface area contributed by atoms with Crippen LogP contribution in [0.5, 0.6) is 0 Å². The first-order valence-corrected chi connectivity index (χ1v) is 13.3. The molecule has 1 aliphatic rings. The van der Waals surface area contributed by atoms with Crippen LogP contribution in [-0.2, 0) is 9.84 Å². The van der Waals surface area contributed by atoms with Crippen LogP contribution in [0, 0.1) is 11.6 Å². The van der Waals surface area contributed by atoms with Crippen LogP contribution in [0.15, 0.2) is 66.7 Å². The van der Waals surface area contributed by atoms with E-state index >= 15 is 0 Å². The Morgan fingerprint density at radius 2 is 1.29 bits per heavy atom. The fraction of sp³-hybridized carbons (Fsp3) is 0.280. The molecular formula is C25H24Cl2F2N2O2S. The first-order chi connectivity index (χ1) is 16.0. The topological polar surface area (TPSA) is 49.4 Å². The number of halogens is 4. The summed E-state index contributed by atoms with van der Waals surface area (Å²) in [5.41, 5.74) is 1.10. The molecule has 0 saturated carbocycles. The van der Waals surface area contributed by atoms with Gasteiger partial charge in [-0.2, -0.15) is 0 Å². The number of hydrogen-bond acceptors (Lipinski definition) is 4. The van der Waals surface area contributed by atoms with Crippen molar-refractivity contribution < 1.29 is 17.2 Å². The van der Waals surface area contributed by atoms with Crippen LogP contribution in [0.25, 0.3) is 0 Å². The fourth-order valence-electron chi connectivity index (χ4n) is 4.92. The minimum absolute atomic E-state index is 0.0866. The lowest BCUT2D eigenvalue weighted by Gasteiger charge is -2.56. The molecule has 9 heteroatoms. The van der Waals surface area contributed by atoms with Crippen LogP contribution in [0.2, 0.25) is 10.0 Å². The molecular weight excluding hydrogens is 501 g/mol. The molecule has 180 valence electrons. The summed E-state index contributed by atoms with van der Waals surface area (Å²) in [6, 6.07) is 17.7. The Labute approximate surface area is 208 Å². The van der Waals surface area contributed by atoms with Gasteiger partial charge in [-0.1, -0.05) is 47.5 Å². The normalized spacial score (nSPS) is 16.9. The van der Waals surface area contributed by atoms with Gasteiger partial charge >= 0.3 is 0 Å². The third-order valence-electron chi connectivity index (χ3n) is 6.32. The quantitative estimate of drug-likeness (QED) is 0.448. The monoisotopic (exact) mass is 524 g/mol. The van der Waals surface area contributed by atoms with E-state index in [9.17, 15) is 17.2 Å². The summed E-state index contributed by atoms with van der Waals surface area (Å²) in [4.78, 5) is 2.12. The third kappa shape index (κ3) is 4.99. The molecule has 3 aromatic rings. The van der Waals surface area contributed by atoms with Crippen molar-refractivity contribution in [3.05, 3.63) is 105 Å². The van der Waals surface area contributed by atoms with E-state index in [1.54, 1.807) is 31.3 Å². The smallest absolute Gasteiger partial charge is 0.156 e. The van der Waals surface area contributed by atoms with Crippen molar-refractivity contribution in [1.29, 1.82) is 0 Å². The van der Waals surface area contributed by atoms with Crippen molar-refractivity contribution in [3.8, 4) is 0 Å². The van der Waals surface area contributed by atoms with Gasteiger partial charge in [0.2, 0.25) is 0 Å². The molecule has 0 radical (unpaired) electrons. The van der Waals surface area contributed by atoms with Crippen molar-refractivity contribution in [2.24, 2.45) is 0 Å². The van der Waals surface area contributed by atoms with E-state index in [4.69, 9.17) is 23.2 Å². The average molecular weight is 525 g/mol. The highest BCUT2D eigenvalue weighted by molar-refractivity contribution is 7.91. The van der Waals surface area contributed by atoms with Gasteiger partial charge in [0, 0.05) is 35.5 Å². The van der Waals surface area contributed by atoms with Crippen LogP contribution in [0.4, 0.5) is 8.78 Å². The number of sulfone groups is 1. The van der Waals surface area contributed by atoms with Crippen molar-refractivity contribution in [1.82, 2.24) is 10.2 Å². The molecule has 1 aliphatic heterocycles. The molecule has 0 bridgehead atoms. The molecule has 0 aliphatic carbocycles. The van der Waals surface area contributed by atoms with Crippen molar-refractivity contribution in [3.63, 3.8) is 0 Å². The molecule has 4 rings (SSSR count). The van der Waals surface area contributed by atoms with Gasteiger partial charge in [0.05, 0.1) is 11.6 Å². The van der Waals surface area contributed by atoms with Gasteiger partial charge in [-0.25, -0.2) is 17.2 Å². The first kappa shape index (κ1) is 25.1. The highest BCUT2D eigenvalue weighted by atomic mass is 35.5. The van der Waals surface area contributed by atoms with Crippen LogP contribution in [-0.4, -0.2) is 45.2 Å². The Kier molecular flexibility index (Phi) is 7.04. The predicted molar refractivity (Wildman–Crippen MR) is 132 cm³/mol. The average Bonchev–Trinajstić information content (AvgIpc) is 2.72. The Morgan fingerprint density at radius 3 is 1.68 bits per heavy atom.